The first-order valence-electron chi connectivity index (χ1n) is 5.08. The van der Waals surface area contributed by atoms with E-state index in [-0.39, 0.29) is 0 Å². The molecule has 0 spiro atoms. The average molecular weight is 336 g/mol. The van der Waals surface area contributed by atoms with Crippen molar-refractivity contribution in [2.75, 3.05) is 10.2 Å². The highest BCUT2D eigenvalue weighted by Crippen LogP contribution is 2.26. The van der Waals surface area contributed by atoms with E-state index >= 15 is 0 Å². The molecule has 1 aromatic rings. The Morgan fingerprint density at radius 3 is 2.33 bits per heavy atom. The minimum absolute atomic E-state index is 0.508. The second-order valence-electron chi connectivity index (χ2n) is 3.96. The third kappa shape index (κ3) is 2.62. The highest BCUT2D eigenvalue weighted by atomic mass is 127. The molecule has 0 saturated heterocycles. The number of aromatic nitrogens is 1. The van der Waals surface area contributed by atoms with Crippen molar-refractivity contribution in [3.05, 3.63) is 17.0 Å². The lowest BCUT2D eigenvalue weighted by Crippen LogP contribution is -2.15. The number of nitrogens with zero attached hydrogens (tertiary/aromatic N) is 1. The number of pyridine rings is 1. The molecule has 0 bridgehead atoms. The molecule has 0 aliphatic heterocycles. The molecular weight excluding hydrogens is 318 g/mol. The Bertz CT molecular complexity index is 364. The van der Waals surface area contributed by atoms with Gasteiger partial charge in [-0.1, -0.05) is 22.4 Å². The lowest BCUT2D eigenvalue weighted by atomic mass is 10.1. The Labute approximate surface area is 108 Å². The van der Waals surface area contributed by atoms with Crippen LogP contribution in [0.25, 0.3) is 0 Å². The zero-order chi connectivity index (χ0) is 11.6. The fraction of sp³-hybridized carbons (Fsp3) is 0.545. The Kier molecular flexibility index (Phi) is 4.78. The van der Waals surface area contributed by atoms with E-state index in [1.54, 1.807) is 0 Å². The lowest BCUT2D eigenvalue weighted by molar-refractivity contribution is 0.823. The van der Waals surface area contributed by atoms with E-state index in [4.69, 9.17) is 4.98 Å². The first-order chi connectivity index (χ1) is 7.02. The molecule has 84 valence electrons. The van der Waals surface area contributed by atoms with Gasteiger partial charge in [0, 0.05) is 0 Å². The number of halogens is 1. The third-order valence-corrected chi connectivity index (χ3v) is 4.22. The molecule has 2 nitrogen and oxygen atoms in total. The SMILES string of the molecule is CPc1c(C(C)C)nc(C)c(NI)c1C. The van der Waals surface area contributed by atoms with Crippen molar-refractivity contribution in [1.29, 1.82) is 0 Å². The topological polar surface area (TPSA) is 24.9 Å². The van der Waals surface area contributed by atoms with E-state index in [1.165, 1.54) is 22.2 Å². The molecule has 0 aliphatic rings. The smallest absolute Gasteiger partial charge is 0.0679 e. The van der Waals surface area contributed by atoms with Crippen LogP contribution in [-0.4, -0.2) is 11.6 Å². The van der Waals surface area contributed by atoms with Crippen LogP contribution in [0.15, 0.2) is 0 Å². The van der Waals surface area contributed by atoms with E-state index < -0.39 is 0 Å². The van der Waals surface area contributed by atoms with Gasteiger partial charge in [0.25, 0.3) is 0 Å². The molecule has 0 saturated carbocycles. The van der Waals surface area contributed by atoms with Crippen molar-refractivity contribution in [3.8, 4) is 0 Å². The van der Waals surface area contributed by atoms with Gasteiger partial charge >= 0.3 is 0 Å². The monoisotopic (exact) mass is 336 g/mol. The van der Waals surface area contributed by atoms with Crippen molar-refractivity contribution in [2.24, 2.45) is 0 Å². The number of nitrogens with one attached hydrogen (secondary N) is 1. The van der Waals surface area contributed by atoms with E-state index in [2.05, 4.69) is 60.8 Å². The van der Waals surface area contributed by atoms with Crippen molar-refractivity contribution >= 4 is 42.4 Å². The predicted molar refractivity (Wildman–Crippen MR) is 79.3 cm³/mol. The van der Waals surface area contributed by atoms with Crippen LogP contribution in [0.1, 0.15) is 36.7 Å². The summed E-state index contributed by atoms with van der Waals surface area (Å²) in [6.07, 6.45) is 0. The zero-order valence-electron chi connectivity index (χ0n) is 9.90. The van der Waals surface area contributed by atoms with Crippen molar-refractivity contribution in [1.82, 2.24) is 4.98 Å². The van der Waals surface area contributed by atoms with Gasteiger partial charge in [-0.2, -0.15) is 0 Å². The number of aryl methyl sites for hydroxylation is 1. The summed E-state index contributed by atoms with van der Waals surface area (Å²) in [4.78, 5) is 4.71. The van der Waals surface area contributed by atoms with E-state index in [0.29, 0.717) is 5.92 Å². The molecule has 1 rings (SSSR count). The van der Waals surface area contributed by atoms with Gasteiger partial charge in [0.05, 0.1) is 39.9 Å². The van der Waals surface area contributed by atoms with Crippen LogP contribution >= 0.6 is 31.4 Å². The molecule has 0 fully saturated rings. The summed E-state index contributed by atoms with van der Waals surface area (Å²) >= 11 is 2.18. The van der Waals surface area contributed by atoms with Crippen LogP contribution in [0, 0.1) is 13.8 Å². The lowest BCUT2D eigenvalue weighted by Gasteiger charge is -2.18. The van der Waals surface area contributed by atoms with Gasteiger partial charge in [-0.25, -0.2) is 0 Å². The Morgan fingerprint density at radius 2 is 1.93 bits per heavy atom. The molecule has 0 aliphatic carbocycles. The number of anilines is 1. The molecule has 1 N–H and O–H groups in total. The number of hydrogen-bond donors (Lipinski definition) is 1. The van der Waals surface area contributed by atoms with E-state index in [0.717, 1.165) is 14.3 Å². The van der Waals surface area contributed by atoms with Crippen molar-refractivity contribution in [2.45, 2.75) is 33.6 Å². The van der Waals surface area contributed by atoms with Crippen LogP contribution in [0.5, 0.6) is 0 Å². The minimum Gasteiger partial charge on any atom is -0.327 e. The van der Waals surface area contributed by atoms with Gasteiger partial charge in [-0.15, -0.1) is 0 Å². The molecule has 0 radical (unpaired) electrons. The maximum Gasteiger partial charge on any atom is 0.0679 e. The van der Waals surface area contributed by atoms with Crippen LogP contribution < -0.4 is 8.83 Å². The van der Waals surface area contributed by atoms with Gasteiger partial charge in [-0.05, 0) is 37.3 Å². The van der Waals surface area contributed by atoms with Crippen LogP contribution in [0.2, 0.25) is 0 Å². The van der Waals surface area contributed by atoms with Crippen LogP contribution in [0.4, 0.5) is 5.69 Å². The van der Waals surface area contributed by atoms with Crippen molar-refractivity contribution in [3.63, 3.8) is 0 Å². The Balaban J connectivity index is 3.44. The first kappa shape index (κ1) is 13.2. The summed E-state index contributed by atoms with van der Waals surface area (Å²) < 4.78 is 3.22. The number of hydrogen-bond acceptors (Lipinski definition) is 2. The second-order valence-corrected chi connectivity index (χ2v) is 5.50. The van der Waals surface area contributed by atoms with Gasteiger partial charge in [0.15, 0.2) is 0 Å². The fourth-order valence-electron chi connectivity index (χ4n) is 1.75. The quantitative estimate of drug-likeness (QED) is 0.519. The van der Waals surface area contributed by atoms with Gasteiger partial charge in [-0.3, -0.25) is 4.98 Å². The molecule has 0 aromatic carbocycles. The molecule has 1 heterocycles. The summed E-state index contributed by atoms with van der Waals surface area (Å²) in [6, 6.07) is 0. The number of rotatable bonds is 3. The average Bonchev–Trinajstić information content (AvgIpc) is 2.17. The van der Waals surface area contributed by atoms with E-state index in [1.807, 2.05) is 0 Å². The largest absolute Gasteiger partial charge is 0.327 e. The highest BCUT2D eigenvalue weighted by molar-refractivity contribution is 14.1. The van der Waals surface area contributed by atoms with E-state index in [9.17, 15) is 0 Å². The minimum atomic E-state index is 0.508. The Morgan fingerprint density at radius 1 is 1.33 bits per heavy atom. The molecule has 0 amide bonds. The molecule has 1 atom stereocenters. The standard InChI is InChI=1S/C11H18IN2P/c1-6(2)9-11(15-5)7(3)10(14-12)8(4)13-9/h6,14-15H,1-5H3. The summed E-state index contributed by atoms with van der Waals surface area (Å²) in [7, 11) is 0.810. The van der Waals surface area contributed by atoms with Gasteiger partial charge in [0.1, 0.15) is 0 Å². The third-order valence-electron chi connectivity index (χ3n) is 2.55. The maximum atomic E-state index is 4.71. The molecular formula is C11H18IN2P. The first-order valence-corrected chi connectivity index (χ1v) is 7.66. The maximum absolute atomic E-state index is 4.71. The highest BCUT2D eigenvalue weighted by Gasteiger charge is 2.15. The Hall–Kier alpha value is 0.110. The summed E-state index contributed by atoms with van der Waals surface area (Å²) in [6.45, 7) is 10.9. The van der Waals surface area contributed by atoms with Gasteiger partial charge < -0.3 is 3.53 Å². The second kappa shape index (κ2) is 5.44. The summed E-state index contributed by atoms with van der Waals surface area (Å²) in [5.74, 6) is 0.508. The molecule has 1 aromatic heterocycles. The molecule has 4 heteroatoms. The van der Waals surface area contributed by atoms with Crippen molar-refractivity contribution < 1.29 is 0 Å². The van der Waals surface area contributed by atoms with Crippen LogP contribution in [-0.2, 0) is 0 Å². The van der Waals surface area contributed by atoms with Crippen LogP contribution in [0.3, 0.4) is 0 Å². The predicted octanol–water partition coefficient (Wildman–Crippen LogP) is 3.52. The fourth-order valence-corrected chi connectivity index (χ4v) is 3.65. The summed E-state index contributed by atoms with van der Waals surface area (Å²) in [5, 5.41) is 1.43. The summed E-state index contributed by atoms with van der Waals surface area (Å²) in [5.41, 5.74) is 4.92. The molecule has 15 heavy (non-hydrogen) atoms. The zero-order valence-corrected chi connectivity index (χ0v) is 13.1. The van der Waals surface area contributed by atoms with Gasteiger partial charge in [0.2, 0.25) is 0 Å². The molecule has 1 unspecified atom stereocenters. The normalized spacial score (nSPS) is 11.7.